The maximum absolute atomic E-state index is 13.3. The van der Waals surface area contributed by atoms with Crippen LogP contribution in [0.1, 0.15) is 19.4 Å². The molecule has 0 aliphatic carbocycles. The van der Waals surface area contributed by atoms with E-state index in [1.807, 2.05) is 13.8 Å². The topological polar surface area (TPSA) is 9.23 Å². The summed E-state index contributed by atoms with van der Waals surface area (Å²) in [7, 11) is 1.35. The first-order valence-corrected chi connectivity index (χ1v) is 4.57. The van der Waals surface area contributed by atoms with E-state index >= 15 is 0 Å². The molecule has 3 heteroatoms. The molecule has 0 N–H and O–H groups in total. The Morgan fingerprint density at radius 3 is 2.29 bits per heavy atom. The van der Waals surface area contributed by atoms with Crippen molar-refractivity contribution >= 4 is 0 Å². The summed E-state index contributed by atoms with van der Waals surface area (Å²) >= 11 is 0. The molecule has 0 spiro atoms. The number of halogens is 2. The second-order valence-corrected chi connectivity index (χ2v) is 3.64. The van der Waals surface area contributed by atoms with Gasteiger partial charge in [-0.05, 0) is 24.5 Å². The quantitative estimate of drug-likeness (QED) is 0.728. The van der Waals surface area contributed by atoms with Crippen LogP contribution in [0, 0.1) is 17.6 Å². The lowest BCUT2D eigenvalue weighted by Gasteiger charge is -2.12. The van der Waals surface area contributed by atoms with Crippen molar-refractivity contribution < 1.29 is 13.5 Å². The SMILES string of the molecule is COc1c(F)ccc(F)c1CC(C)C. The van der Waals surface area contributed by atoms with Gasteiger partial charge >= 0.3 is 0 Å². The third-order valence-corrected chi connectivity index (χ3v) is 1.97. The molecule has 0 atom stereocenters. The molecule has 0 bridgehead atoms. The van der Waals surface area contributed by atoms with Crippen LogP contribution in [0.25, 0.3) is 0 Å². The highest BCUT2D eigenvalue weighted by atomic mass is 19.1. The van der Waals surface area contributed by atoms with Gasteiger partial charge in [0.15, 0.2) is 11.6 Å². The van der Waals surface area contributed by atoms with Gasteiger partial charge < -0.3 is 4.74 Å². The summed E-state index contributed by atoms with van der Waals surface area (Å²) in [6.45, 7) is 3.90. The van der Waals surface area contributed by atoms with Crippen molar-refractivity contribution in [2.45, 2.75) is 20.3 Å². The minimum atomic E-state index is -0.510. The number of ether oxygens (including phenoxy) is 1. The standard InChI is InChI=1S/C11H14F2O/c1-7(2)6-8-9(12)4-5-10(13)11(8)14-3/h4-5,7H,6H2,1-3H3. The van der Waals surface area contributed by atoms with Gasteiger partial charge in [0.2, 0.25) is 0 Å². The lowest BCUT2D eigenvalue weighted by atomic mass is 10.0. The van der Waals surface area contributed by atoms with Gasteiger partial charge in [0.25, 0.3) is 0 Å². The number of hydrogen-bond donors (Lipinski definition) is 0. The van der Waals surface area contributed by atoms with E-state index in [4.69, 9.17) is 4.74 Å². The summed E-state index contributed by atoms with van der Waals surface area (Å²) < 4.78 is 31.4. The zero-order valence-electron chi connectivity index (χ0n) is 8.60. The van der Waals surface area contributed by atoms with Gasteiger partial charge in [0, 0.05) is 5.56 Å². The average molecular weight is 200 g/mol. The fourth-order valence-electron chi connectivity index (χ4n) is 1.39. The predicted octanol–water partition coefficient (Wildman–Crippen LogP) is 3.17. The second-order valence-electron chi connectivity index (χ2n) is 3.64. The lowest BCUT2D eigenvalue weighted by Crippen LogP contribution is -2.03. The Morgan fingerprint density at radius 2 is 1.79 bits per heavy atom. The highest BCUT2D eigenvalue weighted by molar-refractivity contribution is 5.36. The van der Waals surface area contributed by atoms with Crippen molar-refractivity contribution in [2.75, 3.05) is 7.11 Å². The molecule has 1 rings (SSSR count). The van der Waals surface area contributed by atoms with Gasteiger partial charge in [0.05, 0.1) is 7.11 Å². The van der Waals surface area contributed by atoms with Gasteiger partial charge in [0.1, 0.15) is 5.82 Å². The molecule has 1 aromatic rings. The van der Waals surface area contributed by atoms with Gasteiger partial charge in [-0.15, -0.1) is 0 Å². The van der Waals surface area contributed by atoms with Crippen LogP contribution in [0.15, 0.2) is 12.1 Å². The monoisotopic (exact) mass is 200 g/mol. The van der Waals surface area contributed by atoms with Crippen LogP contribution < -0.4 is 4.74 Å². The molecule has 1 aromatic carbocycles. The number of methoxy groups -OCH3 is 1. The Morgan fingerprint density at radius 1 is 1.21 bits per heavy atom. The number of rotatable bonds is 3. The third kappa shape index (κ3) is 2.22. The number of benzene rings is 1. The first-order valence-electron chi connectivity index (χ1n) is 4.57. The molecule has 0 radical (unpaired) electrons. The van der Waals surface area contributed by atoms with Gasteiger partial charge in [-0.2, -0.15) is 0 Å². The summed E-state index contributed by atoms with van der Waals surface area (Å²) in [5.41, 5.74) is 0.322. The van der Waals surface area contributed by atoms with E-state index in [1.54, 1.807) is 0 Å². The summed E-state index contributed by atoms with van der Waals surface area (Å²) in [5.74, 6) is -0.625. The van der Waals surface area contributed by atoms with Crippen LogP contribution in [0.4, 0.5) is 8.78 Å². The van der Waals surface area contributed by atoms with Crippen molar-refractivity contribution in [1.29, 1.82) is 0 Å². The van der Waals surface area contributed by atoms with E-state index in [1.165, 1.54) is 7.11 Å². The number of hydrogen-bond acceptors (Lipinski definition) is 1. The highest BCUT2D eigenvalue weighted by Gasteiger charge is 2.15. The van der Waals surface area contributed by atoms with Crippen LogP contribution in [-0.2, 0) is 6.42 Å². The Balaban J connectivity index is 3.16. The molecule has 78 valence electrons. The minimum absolute atomic E-state index is 0.0266. The van der Waals surface area contributed by atoms with Crippen molar-refractivity contribution in [3.05, 3.63) is 29.3 Å². The van der Waals surface area contributed by atoms with E-state index in [0.717, 1.165) is 12.1 Å². The lowest BCUT2D eigenvalue weighted by molar-refractivity contribution is 0.373. The summed E-state index contributed by atoms with van der Waals surface area (Å²) in [6.07, 6.45) is 0.479. The zero-order chi connectivity index (χ0) is 10.7. The van der Waals surface area contributed by atoms with Gasteiger partial charge in [-0.25, -0.2) is 8.78 Å². The highest BCUT2D eigenvalue weighted by Crippen LogP contribution is 2.27. The van der Waals surface area contributed by atoms with Gasteiger partial charge in [-0.1, -0.05) is 13.8 Å². The van der Waals surface area contributed by atoms with E-state index in [0.29, 0.717) is 12.0 Å². The summed E-state index contributed by atoms with van der Waals surface area (Å²) in [5, 5.41) is 0. The van der Waals surface area contributed by atoms with E-state index in [2.05, 4.69) is 0 Å². The fraction of sp³-hybridized carbons (Fsp3) is 0.455. The van der Waals surface area contributed by atoms with Crippen molar-refractivity contribution in [3.8, 4) is 5.75 Å². The van der Waals surface area contributed by atoms with Crippen LogP contribution in [0.3, 0.4) is 0 Å². The zero-order valence-corrected chi connectivity index (χ0v) is 8.60. The predicted molar refractivity (Wildman–Crippen MR) is 51.5 cm³/mol. The maximum Gasteiger partial charge on any atom is 0.165 e. The van der Waals surface area contributed by atoms with E-state index in [9.17, 15) is 8.78 Å². The Labute approximate surface area is 82.7 Å². The molecule has 0 saturated carbocycles. The molecule has 0 amide bonds. The van der Waals surface area contributed by atoms with Crippen molar-refractivity contribution in [2.24, 2.45) is 5.92 Å². The molecule has 14 heavy (non-hydrogen) atoms. The summed E-state index contributed by atoms with van der Waals surface area (Å²) in [4.78, 5) is 0. The second kappa shape index (κ2) is 4.40. The molecular weight excluding hydrogens is 186 g/mol. The first kappa shape index (κ1) is 11.0. The smallest absolute Gasteiger partial charge is 0.165 e. The van der Waals surface area contributed by atoms with Crippen LogP contribution in [-0.4, -0.2) is 7.11 Å². The molecule has 0 heterocycles. The normalized spacial score (nSPS) is 10.7. The van der Waals surface area contributed by atoms with Gasteiger partial charge in [-0.3, -0.25) is 0 Å². The molecule has 1 nitrogen and oxygen atoms in total. The van der Waals surface area contributed by atoms with Crippen LogP contribution >= 0.6 is 0 Å². The Hall–Kier alpha value is -1.12. The molecule has 0 aromatic heterocycles. The van der Waals surface area contributed by atoms with Crippen LogP contribution in [0.5, 0.6) is 5.75 Å². The molecule has 0 aliphatic rings. The van der Waals surface area contributed by atoms with E-state index in [-0.39, 0.29) is 11.7 Å². The summed E-state index contributed by atoms with van der Waals surface area (Å²) in [6, 6.07) is 2.22. The molecule has 0 fully saturated rings. The Kier molecular flexibility index (Phi) is 3.44. The molecule has 0 aliphatic heterocycles. The first-order chi connectivity index (χ1) is 6.56. The van der Waals surface area contributed by atoms with Crippen LogP contribution in [0.2, 0.25) is 0 Å². The molecule has 0 unspecified atom stereocenters. The van der Waals surface area contributed by atoms with Crippen molar-refractivity contribution in [1.82, 2.24) is 0 Å². The third-order valence-electron chi connectivity index (χ3n) is 1.97. The largest absolute Gasteiger partial charge is 0.493 e. The molecular formula is C11H14F2O. The Bertz CT molecular complexity index is 321. The average Bonchev–Trinajstić information content (AvgIpc) is 2.11. The molecule has 0 saturated heterocycles. The van der Waals surface area contributed by atoms with Crippen molar-refractivity contribution in [3.63, 3.8) is 0 Å². The fourth-order valence-corrected chi connectivity index (χ4v) is 1.39. The minimum Gasteiger partial charge on any atom is -0.493 e. The van der Waals surface area contributed by atoms with E-state index < -0.39 is 11.6 Å². The maximum atomic E-state index is 13.3.